The highest BCUT2D eigenvalue weighted by atomic mass is 16.2. The summed E-state index contributed by atoms with van der Waals surface area (Å²) in [6.07, 6.45) is 5.20. The van der Waals surface area contributed by atoms with Gasteiger partial charge in [-0.25, -0.2) is 14.8 Å². The summed E-state index contributed by atoms with van der Waals surface area (Å²) in [5, 5.41) is 3.13. The van der Waals surface area contributed by atoms with Crippen LogP contribution in [0.3, 0.4) is 0 Å². The number of rotatable bonds is 4. The number of imidazole rings is 1. The van der Waals surface area contributed by atoms with Gasteiger partial charge in [0.25, 0.3) is 11.5 Å². The minimum atomic E-state index is -0.627. The van der Waals surface area contributed by atoms with Crippen LogP contribution in [0.5, 0.6) is 0 Å². The number of pyridine rings is 1. The first-order valence-corrected chi connectivity index (χ1v) is 8.95. The molecule has 1 atom stereocenters. The number of amides is 1. The zero-order chi connectivity index (χ0) is 20.6. The Kier molecular flexibility index (Phi) is 4.93. The van der Waals surface area contributed by atoms with Crippen molar-refractivity contribution in [3.05, 3.63) is 56.9 Å². The summed E-state index contributed by atoms with van der Waals surface area (Å²) >= 11 is 0. The van der Waals surface area contributed by atoms with E-state index >= 15 is 0 Å². The van der Waals surface area contributed by atoms with Crippen molar-refractivity contribution < 1.29 is 4.79 Å². The lowest BCUT2D eigenvalue weighted by Gasteiger charge is -2.32. The van der Waals surface area contributed by atoms with Gasteiger partial charge in [0.15, 0.2) is 0 Å². The number of aryl methyl sites for hydroxylation is 2. The molecule has 0 spiro atoms. The maximum atomic E-state index is 13.1. The Labute approximate surface area is 161 Å². The van der Waals surface area contributed by atoms with Gasteiger partial charge >= 0.3 is 5.69 Å². The van der Waals surface area contributed by atoms with Crippen molar-refractivity contribution in [2.75, 3.05) is 0 Å². The number of fused-ring (bicyclic) bond motifs is 1. The summed E-state index contributed by atoms with van der Waals surface area (Å²) in [5.74, 6) is -0.389. The van der Waals surface area contributed by atoms with Crippen molar-refractivity contribution in [1.82, 2.24) is 29.4 Å². The standard InChI is InChI=1S/C19H24N6O3/c1-11-8-12(14-15(21-11)24(5)18(28)23-17(14)27)16(26)22-13(19(2,3)4)9-25-7-6-20-10-25/h6-8,10,13H,9H2,1-5H3,(H,22,26)(H,23,27,28)/t13-/m0/s1. The number of hydrogen-bond donors (Lipinski definition) is 2. The SMILES string of the molecule is Cc1cc(C(=O)N[C@@H](Cn2ccnc2)C(C)(C)C)c2c(=O)[nH]c(=O)n(C)c2n1. The fourth-order valence-electron chi connectivity index (χ4n) is 3.02. The summed E-state index contributed by atoms with van der Waals surface area (Å²) in [5.41, 5.74) is -0.524. The minimum absolute atomic E-state index is 0.0977. The van der Waals surface area contributed by atoms with E-state index in [0.29, 0.717) is 12.2 Å². The van der Waals surface area contributed by atoms with Crippen LogP contribution in [-0.4, -0.2) is 36.0 Å². The van der Waals surface area contributed by atoms with Crippen molar-refractivity contribution in [3.63, 3.8) is 0 Å². The number of nitrogens with zero attached hydrogens (tertiary/aromatic N) is 4. The largest absolute Gasteiger partial charge is 0.347 e. The Bertz CT molecular complexity index is 1140. The van der Waals surface area contributed by atoms with Crippen LogP contribution in [-0.2, 0) is 13.6 Å². The van der Waals surface area contributed by atoms with Gasteiger partial charge in [-0.1, -0.05) is 20.8 Å². The smallest absolute Gasteiger partial charge is 0.329 e. The van der Waals surface area contributed by atoms with Crippen LogP contribution in [0.2, 0.25) is 0 Å². The summed E-state index contributed by atoms with van der Waals surface area (Å²) in [6.45, 7) is 8.34. The molecule has 2 N–H and O–H groups in total. The number of carbonyl (C=O) groups excluding carboxylic acids is 1. The topological polar surface area (TPSA) is 115 Å². The van der Waals surface area contributed by atoms with Crippen LogP contribution in [0.25, 0.3) is 11.0 Å². The molecule has 3 heterocycles. The fourth-order valence-corrected chi connectivity index (χ4v) is 3.02. The summed E-state index contributed by atoms with van der Waals surface area (Å²) in [6, 6.07) is 1.35. The molecule has 0 aliphatic heterocycles. The molecule has 9 heteroatoms. The van der Waals surface area contributed by atoms with Gasteiger partial charge in [-0.2, -0.15) is 0 Å². The van der Waals surface area contributed by atoms with E-state index in [9.17, 15) is 14.4 Å². The predicted molar refractivity (Wildman–Crippen MR) is 105 cm³/mol. The first kappa shape index (κ1) is 19.5. The number of H-pyrrole nitrogens is 1. The summed E-state index contributed by atoms with van der Waals surface area (Å²) in [4.78, 5) is 48.0. The second-order valence-electron chi connectivity index (χ2n) is 7.98. The van der Waals surface area contributed by atoms with Crippen LogP contribution in [0, 0.1) is 12.3 Å². The maximum Gasteiger partial charge on any atom is 0.329 e. The zero-order valence-electron chi connectivity index (χ0n) is 16.6. The number of nitrogens with one attached hydrogen (secondary N) is 2. The van der Waals surface area contributed by atoms with Gasteiger partial charge < -0.3 is 9.88 Å². The Balaban J connectivity index is 2.06. The molecule has 0 saturated carbocycles. The lowest BCUT2D eigenvalue weighted by atomic mass is 9.86. The maximum absolute atomic E-state index is 13.1. The molecule has 28 heavy (non-hydrogen) atoms. The predicted octanol–water partition coefficient (Wildman–Crippen LogP) is 0.971. The lowest BCUT2D eigenvalue weighted by molar-refractivity contribution is 0.0894. The second-order valence-corrected chi connectivity index (χ2v) is 7.98. The first-order chi connectivity index (χ1) is 13.1. The van der Waals surface area contributed by atoms with Crippen molar-refractivity contribution in [2.24, 2.45) is 12.5 Å². The third-order valence-corrected chi connectivity index (χ3v) is 4.75. The third-order valence-electron chi connectivity index (χ3n) is 4.75. The Morgan fingerprint density at radius 3 is 2.64 bits per heavy atom. The quantitative estimate of drug-likeness (QED) is 0.696. The van der Waals surface area contributed by atoms with Gasteiger partial charge in [0.2, 0.25) is 0 Å². The Morgan fingerprint density at radius 1 is 1.32 bits per heavy atom. The molecule has 0 aliphatic carbocycles. The molecule has 9 nitrogen and oxygen atoms in total. The van der Waals surface area contributed by atoms with E-state index < -0.39 is 11.2 Å². The van der Waals surface area contributed by atoms with E-state index in [-0.39, 0.29) is 34.0 Å². The molecule has 0 bridgehead atoms. The molecule has 0 saturated heterocycles. The molecule has 0 aromatic carbocycles. The molecule has 0 fully saturated rings. The van der Waals surface area contributed by atoms with Gasteiger partial charge in [-0.05, 0) is 18.4 Å². The van der Waals surface area contributed by atoms with E-state index in [4.69, 9.17) is 0 Å². The second kappa shape index (κ2) is 7.06. The number of carbonyl (C=O) groups is 1. The van der Waals surface area contributed by atoms with E-state index in [0.717, 1.165) is 0 Å². The fraction of sp³-hybridized carbons (Fsp3) is 0.421. The van der Waals surface area contributed by atoms with Gasteiger partial charge in [-0.3, -0.25) is 19.1 Å². The van der Waals surface area contributed by atoms with Crippen LogP contribution in [0.15, 0.2) is 34.4 Å². The van der Waals surface area contributed by atoms with Gasteiger partial charge in [0.05, 0.1) is 23.3 Å². The third kappa shape index (κ3) is 3.73. The first-order valence-electron chi connectivity index (χ1n) is 8.95. The normalized spacial score (nSPS) is 12.9. The van der Waals surface area contributed by atoms with E-state index in [2.05, 4.69) is 20.3 Å². The molecule has 3 aromatic heterocycles. The zero-order valence-corrected chi connectivity index (χ0v) is 16.6. The number of aromatic amines is 1. The van der Waals surface area contributed by atoms with E-state index in [1.807, 2.05) is 31.5 Å². The molecule has 0 aliphatic rings. The molecule has 0 unspecified atom stereocenters. The molecular formula is C19H24N6O3. The van der Waals surface area contributed by atoms with Crippen LogP contribution in [0.1, 0.15) is 36.8 Å². The lowest BCUT2D eigenvalue weighted by Crippen LogP contribution is -2.46. The molecular weight excluding hydrogens is 360 g/mol. The van der Waals surface area contributed by atoms with E-state index in [1.165, 1.54) is 11.6 Å². The molecule has 3 rings (SSSR count). The van der Waals surface area contributed by atoms with Gasteiger partial charge in [0, 0.05) is 31.7 Å². The van der Waals surface area contributed by atoms with Crippen LogP contribution >= 0.6 is 0 Å². The minimum Gasteiger partial charge on any atom is -0.347 e. The summed E-state index contributed by atoms with van der Waals surface area (Å²) in [7, 11) is 1.51. The van der Waals surface area contributed by atoms with Gasteiger partial charge in [0.1, 0.15) is 5.65 Å². The molecule has 0 radical (unpaired) electrons. The Morgan fingerprint density at radius 2 is 2.04 bits per heavy atom. The molecule has 1 amide bonds. The average Bonchev–Trinajstić information content (AvgIpc) is 3.10. The van der Waals surface area contributed by atoms with Gasteiger partial charge in [-0.15, -0.1) is 0 Å². The summed E-state index contributed by atoms with van der Waals surface area (Å²) < 4.78 is 3.12. The van der Waals surface area contributed by atoms with E-state index in [1.54, 1.807) is 25.5 Å². The number of hydrogen-bond acceptors (Lipinski definition) is 5. The van der Waals surface area contributed by atoms with Crippen LogP contribution < -0.4 is 16.6 Å². The Hall–Kier alpha value is -3.23. The number of aromatic nitrogens is 5. The van der Waals surface area contributed by atoms with Crippen molar-refractivity contribution in [1.29, 1.82) is 0 Å². The molecule has 3 aromatic rings. The highest BCUT2D eigenvalue weighted by Crippen LogP contribution is 2.22. The van der Waals surface area contributed by atoms with Crippen molar-refractivity contribution in [2.45, 2.75) is 40.3 Å². The van der Waals surface area contributed by atoms with Crippen molar-refractivity contribution >= 4 is 16.9 Å². The van der Waals surface area contributed by atoms with Crippen LogP contribution in [0.4, 0.5) is 0 Å². The monoisotopic (exact) mass is 384 g/mol. The highest BCUT2D eigenvalue weighted by molar-refractivity contribution is 6.05. The highest BCUT2D eigenvalue weighted by Gasteiger charge is 2.28. The molecule has 148 valence electrons. The average molecular weight is 384 g/mol. The van der Waals surface area contributed by atoms with Crippen molar-refractivity contribution in [3.8, 4) is 0 Å².